The van der Waals surface area contributed by atoms with Crippen molar-refractivity contribution in [3.05, 3.63) is 249 Å². The van der Waals surface area contributed by atoms with Crippen molar-refractivity contribution in [2.45, 2.75) is 0 Å². The predicted octanol–water partition coefficient (Wildman–Crippen LogP) is 17.1. The average molecular weight is 972 g/mol. The first-order valence-corrected chi connectivity index (χ1v) is 25.5. The van der Waals surface area contributed by atoms with Crippen molar-refractivity contribution in [3.8, 4) is 62.0 Å². The maximum atomic E-state index is 6.14. The highest BCUT2D eigenvalue weighted by atomic mass is 16.3. The van der Waals surface area contributed by atoms with Crippen LogP contribution in [0.3, 0.4) is 0 Å². The van der Waals surface area contributed by atoms with E-state index in [9.17, 15) is 0 Å². The molecule has 0 N–H and O–H groups in total. The van der Waals surface area contributed by atoms with Crippen LogP contribution in [0.4, 0.5) is 0 Å². The number of rotatable bonds is 7. The number of furan rings is 1. The van der Waals surface area contributed by atoms with E-state index >= 15 is 0 Å². The Kier molecular flexibility index (Phi) is 9.17. The Morgan fingerprint density at radius 1 is 0.303 bits per heavy atom. The van der Waals surface area contributed by atoms with Crippen LogP contribution in [0, 0.1) is 0 Å². The number of pyridine rings is 4. The van der Waals surface area contributed by atoms with Crippen LogP contribution in [-0.4, -0.2) is 33.6 Å². The minimum atomic E-state index is 0.843. The average Bonchev–Trinajstić information content (AvgIpc) is 4.26. The second-order valence-corrected chi connectivity index (χ2v) is 19.5. The second-order valence-electron chi connectivity index (χ2n) is 19.5. The van der Waals surface area contributed by atoms with Crippen molar-refractivity contribution < 1.29 is 4.42 Å². The minimum absolute atomic E-state index is 0.843. The highest BCUT2D eigenvalue weighted by Gasteiger charge is 2.21. The molecule has 16 rings (SSSR count). The van der Waals surface area contributed by atoms with Crippen LogP contribution in [0.2, 0.25) is 0 Å². The van der Waals surface area contributed by atoms with Gasteiger partial charge in [0.2, 0.25) is 0 Å². The first kappa shape index (κ1) is 42.1. The fourth-order valence-corrected chi connectivity index (χ4v) is 11.8. The van der Waals surface area contributed by atoms with E-state index in [-0.39, 0.29) is 0 Å². The topological polar surface area (TPSA) is 79.5 Å². The Bertz CT molecular complexity index is 5010. The fourth-order valence-electron chi connectivity index (χ4n) is 11.8. The molecule has 0 saturated carbocycles. The smallest absolute Gasteiger partial charge is 0.138 e. The summed E-state index contributed by atoms with van der Waals surface area (Å²) in [5.74, 6) is 0.843. The normalized spacial score (nSPS) is 11.9. The summed E-state index contributed by atoms with van der Waals surface area (Å²) in [6, 6.07) is 79.6. The van der Waals surface area contributed by atoms with Crippen molar-refractivity contribution in [3.63, 3.8) is 0 Å². The molecule has 8 aromatic heterocycles. The first-order chi connectivity index (χ1) is 37.7. The molecule has 0 unspecified atom stereocenters. The van der Waals surface area contributed by atoms with Gasteiger partial charge < -0.3 is 13.6 Å². The fraction of sp³-hybridized carbons (Fsp3) is 0. The van der Waals surface area contributed by atoms with Crippen molar-refractivity contribution in [2.75, 3.05) is 0 Å². The van der Waals surface area contributed by atoms with Gasteiger partial charge in [0.1, 0.15) is 17.0 Å². The molecule has 354 valence electrons. The molecular weight excluding hydrogens is 931 g/mol. The highest BCUT2D eigenvalue weighted by molar-refractivity contribution is 6.14. The van der Waals surface area contributed by atoms with E-state index in [0.717, 1.165) is 139 Å². The van der Waals surface area contributed by atoms with Crippen LogP contribution in [-0.2, 0) is 0 Å². The third kappa shape index (κ3) is 6.44. The summed E-state index contributed by atoms with van der Waals surface area (Å²) in [5, 5.41) is 7.88. The minimum Gasteiger partial charge on any atom is -0.456 e. The van der Waals surface area contributed by atoms with Gasteiger partial charge in [0.05, 0.1) is 61.9 Å². The number of hydrogen-bond acceptors (Lipinski definition) is 5. The molecule has 16 aromatic rings. The molecule has 0 spiro atoms. The Labute approximate surface area is 434 Å². The Hall–Kier alpha value is -10.4. The standard InChI is InChI=1S/C68H41N7O/c1-2-15-49(45-12-10-34-69-40-45)48(14-1)42-24-28-62-53(36-42)51-17-4-7-22-60(51)75(62)67-33-31-64-68(72-67)56-39-46(27-30-63(56)74(64)47-13-11-35-70-41-47)73-59-21-6-3-16-50(59)54-37-43(25-29-61(54)73)57-19-9-20-58(71-57)44-26-32-66-55(38-44)52-18-5-8-23-65(52)76-66/h1-41H. The van der Waals surface area contributed by atoms with Gasteiger partial charge in [0.15, 0.2) is 0 Å². The van der Waals surface area contributed by atoms with Crippen LogP contribution < -0.4 is 0 Å². The largest absolute Gasteiger partial charge is 0.456 e. The number of fused-ring (bicyclic) bond motifs is 12. The first-order valence-electron chi connectivity index (χ1n) is 25.5. The lowest BCUT2D eigenvalue weighted by Crippen LogP contribution is -1.98. The van der Waals surface area contributed by atoms with Gasteiger partial charge in [-0.05, 0) is 138 Å². The van der Waals surface area contributed by atoms with Gasteiger partial charge in [0.25, 0.3) is 0 Å². The summed E-state index contributed by atoms with van der Waals surface area (Å²) < 4.78 is 13.1. The summed E-state index contributed by atoms with van der Waals surface area (Å²) in [7, 11) is 0. The highest BCUT2D eigenvalue weighted by Crippen LogP contribution is 2.42. The monoisotopic (exact) mass is 971 g/mol. The molecule has 0 atom stereocenters. The summed E-state index contributed by atoms with van der Waals surface area (Å²) in [6.45, 7) is 0. The van der Waals surface area contributed by atoms with Gasteiger partial charge in [-0.2, -0.15) is 0 Å². The summed E-state index contributed by atoms with van der Waals surface area (Å²) in [4.78, 5) is 19.9. The van der Waals surface area contributed by atoms with Gasteiger partial charge in [-0.3, -0.25) is 14.5 Å². The van der Waals surface area contributed by atoms with Gasteiger partial charge in [-0.25, -0.2) is 9.97 Å². The molecule has 0 aliphatic heterocycles. The van der Waals surface area contributed by atoms with Crippen LogP contribution in [0.5, 0.6) is 0 Å². The van der Waals surface area contributed by atoms with E-state index in [4.69, 9.17) is 14.4 Å². The molecule has 8 heterocycles. The molecular formula is C68H41N7O. The molecule has 76 heavy (non-hydrogen) atoms. The molecule has 0 fully saturated rings. The molecule has 0 bridgehead atoms. The molecule has 0 amide bonds. The summed E-state index contributed by atoms with van der Waals surface area (Å²) >= 11 is 0. The summed E-state index contributed by atoms with van der Waals surface area (Å²) in [5.41, 5.74) is 19.6. The van der Waals surface area contributed by atoms with E-state index in [0.29, 0.717) is 0 Å². The number of para-hydroxylation sites is 3. The van der Waals surface area contributed by atoms with E-state index in [2.05, 4.69) is 224 Å². The molecule has 8 heteroatoms. The maximum Gasteiger partial charge on any atom is 0.138 e. The molecule has 0 aliphatic rings. The predicted molar refractivity (Wildman–Crippen MR) is 310 cm³/mol. The molecule has 0 saturated heterocycles. The van der Waals surface area contributed by atoms with E-state index in [1.165, 1.54) is 10.8 Å². The number of hydrogen-bond donors (Lipinski definition) is 0. The van der Waals surface area contributed by atoms with Crippen molar-refractivity contribution in [1.29, 1.82) is 0 Å². The van der Waals surface area contributed by atoms with Crippen LogP contribution >= 0.6 is 0 Å². The van der Waals surface area contributed by atoms with Crippen molar-refractivity contribution >= 4 is 87.5 Å². The zero-order valence-electron chi connectivity index (χ0n) is 40.7. The van der Waals surface area contributed by atoms with Crippen LogP contribution in [0.15, 0.2) is 254 Å². The van der Waals surface area contributed by atoms with Crippen molar-refractivity contribution in [2.24, 2.45) is 0 Å². The van der Waals surface area contributed by atoms with Gasteiger partial charge in [-0.1, -0.05) is 103 Å². The molecule has 0 aliphatic carbocycles. The SMILES string of the molecule is c1cncc(-c2ccccc2-c2ccc3c(c2)c2ccccc2n3-c2ccc3c(n2)c2cc(-n4c5ccccc5c5cc(-c6cccc(-c7ccc8oc9ccccc9c8c7)n6)ccc54)ccc2n3-c2cccnc2)c1. The Morgan fingerprint density at radius 2 is 0.868 bits per heavy atom. The third-order valence-electron chi connectivity index (χ3n) is 15.2. The Morgan fingerprint density at radius 3 is 1.63 bits per heavy atom. The second kappa shape index (κ2) is 16.5. The maximum absolute atomic E-state index is 6.14. The van der Waals surface area contributed by atoms with Crippen molar-refractivity contribution in [1.82, 2.24) is 33.6 Å². The van der Waals surface area contributed by atoms with Gasteiger partial charge in [-0.15, -0.1) is 0 Å². The zero-order chi connectivity index (χ0) is 49.8. The molecule has 0 radical (unpaired) electrons. The van der Waals surface area contributed by atoms with Crippen LogP contribution in [0.1, 0.15) is 0 Å². The van der Waals surface area contributed by atoms with E-state index in [1.807, 2.05) is 49.1 Å². The van der Waals surface area contributed by atoms with E-state index < -0.39 is 0 Å². The molecule has 8 aromatic carbocycles. The lowest BCUT2D eigenvalue weighted by atomic mass is 9.94. The van der Waals surface area contributed by atoms with E-state index in [1.54, 1.807) is 0 Å². The zero-order valence-corrected chi connectivity index (χ0v) is 40.7. The molecule has 8 nitrogen and oxygen atoms in total. The summed E-state index contributed by atoms with van der Waals surface area (Å²) in [6.07, 6.45) is 7.50. The Balaban J connectivity index is 0.845. The number of aromatic nitrogens is 7. The number of nitrogens with zero attached hydrogens (tertiary/aromatic N) is 7. The lowest BCUT2D eigenvalue weighted by Gasteiger charge is -2.11. The van der Waals surface area contributed by atoms with Gasteiger partial charge >= 0.3 is 0 Å². The van der Waals surface area contributed by atoms with Crippen LogP contribution in [0.25, 0.3) is 149 Å². The van der Waals surface area contributed by atoms with Gasteiger partial charge in [0, 0.05) is 78.7 Å². The lowest BCUT2D eigenvalue weighted by molar-refractivity contribution is 0.669. The third-order valence-corrected chi connectivity index (χ3v) is 15.2. The quantitative estimate of drug-likeness (QED) is 0.159. The number of benzene rings is 8.